The number of carbonyl (C=O) groups is 1. The van der Waals surface area contributed by atoms with Gasteiger partial charge in [0.05, 0.1) is 12.8 Å². The summed E-state index contributed by atoms with van der Waals surface area (Å²) in [7, 11) is 0. The molecule has 0 aromatic heterocycles. The number of hydrazone groups is 1. The van der Waals surface area contributed by atoms with Crippen LogP contribution in [0, 0.1) is 6.92 Å². The average Bonchev–Trinajstić information content (AvgIpc) is 2.73. The molecule has 0 fully saturated rings. The Kier molecular flexibility index (Phi) is 9.92. The van der Waals surface area contributed by atoms with Crippen LogP contribution in [0.1, 0.15) is 69.1 Å². The summed E-state index contributed by atoms with van der Waals surface area (Å²) >= 11 is 0. The standard InChI is InChI=1S/C25H34N2O3/c1-5-6-7-8-15-29-22-11-9-21(10-12-22)17-26-27-25(28)18-30-23-13-14-24(19(2)3)20(4)16-23/h9-14,16-17,19H,5-8,15,18H2,1-4H3,(H,27,28)/b26-17+. The van der Waals surface area contributed by atoms with E-state index >= 15 is 0 Å². The number of ether oxygens (including phenoxy) is 2. The molecule has 1 amide bonds. The van der Waals surface area contributed by atoms with Crippen LogP contribution in [-0.4, -0.2) is 25.3 Å². The minimum absolute atomic E-state index is 0.0807. The molecule has 0 unspecified atom stereocenters. The highest BCUT2D eigenvalue weighted by molar-refractivity contribution is 5.83. The predicted octanol–water partition coefficient (Wildman–Crippen LogP) is 5.61. The van der Waals surface area contributed by atoms with Crippen LogP contribution in [0.25, 0.3) is 0 Å². The minimum Gasteiger partial charge on any atom is -0.494 e. The molecular formula is C25H34N2O3. The van der Waals surface area contributed by atoms with Crippen molar-refractivity contribution in [3.05, 3.63) is 59.2 Å². The number of amides is 1. The number of hydrogen-bond acceptors (Lipinski definition) is 4. The molecule has 5 heteroatoms. The topological polar surface area (TPSA) is 59.9 Å². The molecule has 2 rings (SSSR count). The second-order valence-electron chi connectivity index (χ2n) is 7.73. The highest BCUT2D eigenvalue weighted by atomic mass is 16.5. The van der Waals surface area contributed by atoms with Crippen LogP contribution < -0.4 is 14.9 Å². The third-order valence-corrected chi connectivity index (χ3v) is 4.78. The summed E-state index contributed by atoms with van der Waals surface area (Å²) in [6.07, 6.45) is 6.35. The maximum absolute atomic E-state index is 11.9. The zero-order valence-electron chi connectivity index (χ0n) is 18.6. The number of unbranched alkanes of at least 4 members (excludes halogenated alkanes) is 3. The van der Waals surface area contributed by atoms with E-state index in [-0.39, 0.29) is 12.5 Å². The number of nitrogens with zero attached hydrogens (tertiary/aromatic N) is 1. The van der Waals surface area contributed by atoms with Crippen molar-refractivity contribution >= 4 is 12.1 Å². The number of hydrogen-bond donors (Lipinski definition) is 1. The molecule has 0 radical (unpaired) electrons. The fourth-order valence-corrected chi connectivity index (χ4v) is 3.11. The maximum atomic E-state index is 11.9. The van der Waals surface area contributed by atoms with E-state index in [1.54, 1.807) is 6.21 Å². The molecule has 0 atom stereocenters. The molecule has 2 aromatic rings. The molecule has 0 saturated heterocycles. The molecular weight excluding hydrogens is 376 g/mol. The Morgan fingerprint density at radius 3 is 2.43 bits per heavy atom. The van der Waals surface area contributed by atoms with Gasteiger partial charge in [-0.2, -0.15) is 5.10 Å². The predicted molar refractivity (Wildman–Crippen MR) is 123 cm³/mol. The highest BCUT2D eigenvalue weighted by Gasteiger charge is 2.06. The molecule has 5 nitrogen and oxygen atoms in total. The Morgan fingerprint density at radius 1 is 1.03 bits per heavy atom. The molecule has 0 heterocycles. The largest absolute Gasteiger partial charge is 0.494 e. The molecule has 30 heavy (non-hydrogen) atoms. The Bertz CT molecular complexity index is 814. The summed E-state index contributed by atoms with van der Waals surface area (Å²) in [6, 6.07) is 13.5. The van der Waals surface area contributed by atoms with E-state index in [0.29, 0.717) is 11.7 Å². The van der Waals surface area contributed by atoms with Gasteiger partial charge in [-0.15, -0.1) is 0 Å². The van der Waals surface area contributed by atoms with Crippen LogP contribution in [0.3, 0.4) is 0 Å². The quantitative estimate of drug-likeness (QED) is 0.281. The smallest absolute Gasteiger partial charge is 0.277 e. The van der Waals surface area contributed by atoms with E-state index in [2.05, 4.69) is 38.2 Å². The molecule has 1 N–H and O–H groups in total. The van der Waals surface area contributed by atoms with Crippen molar-refractivity contribution in [2.24, 2.45) is 5.10 Å². The van der Waals surface area contributed by atoms with Crippen molar-refractivity contribution in [2.45, 2.75) is 59.3 Å². The van der Waals surface area contributed by atoms with Crippen LogP contribution >= 0.6 is 0 Å². The number of benzene rings is 2. The van der Waals surface area contributed by atoms with Gasteiger partial charge >= 0.3 is 0 Å². The van der Waals surface area contributed by atoms with Gasteiger partial charge in [-0.1, -0.05) is 46.1 Å². The molecule has 0 aliphatic rings. The SMILES string of the molecule is CCCCCCOc1ccc(/C=N/NC(=O)COc2ccc(C(C)C)c(C)c2)cc1. The summed E-state index contributed by atoms with van der Waals surface area (Å²) in [6.45, 7) is 9.22. The lowest BCUT2D eigenvalue weighted by molar-refractivity contribution is -0.123. The lowest BCUT2D eigenvalue weighted by Crippen LogP contribution is -2.24. The normalized spacial score (nSPS) is 11.1. The first-order chi connectivity index (χ1) is 14.5. The average molecular weight is 411 g/mol. The molecule has 0 bridgehead atoms. The zero-order chi connectivity index (χ0) is 21.8. The number of aryl methyl sites for hydroxylation is 1. The van der Waals surface area contributed by atoms with Gasteiger partial charge in [-0.3, -0.25) is 4.79 Å². The fraction of sp³-hybridized carbons (Fsp3) is 0.440. The molecule has 2 aromatic carbocycles. The third kappa shape index (κ3) is 8.27. The van der Waals surface area contributed by atoms with E-state index in [1.165, 1.54) is 24.8 Å². The summed E-state index contributed by atoms with van der Waals surface area (Å²) < 4.78 is 11.3. The zero-order valence-corrected chi connectivity index (χ0v) is 18.6. The maximum Gasteiger partial charge on any atom is 0.277 e. The van der Waals surface area contributed by atoms with E-state index < -0.39 is 0 Å². The first kappa shape index (κ1) is 23.5. The van der Waals surface area contributed by atoms with Gasteiger partial charge in [0.1, 0.15) is 11.5 Å². The van der Waals surface area contributed by atoms with Crippen LogP contribution in [0.2, 0.25) is 0 Å². The van der Waals surface area contributed by atoms with Gasteiger partial charge in [0, 0.05) is 0 Å². The van der Waals surface area contributed by atoms with Crippen molar-refractivity contribution in [1.29, 1.82) is 0 Å². The highest BCUT2D eigenvalue weighted by Crippen LogP contribution is 2.23. The summed E-state index contributed by atoms with van der Waals surface area (Å²) in [5, 5.41) is 3.99. The molecule has 0 spiro atoms. The van der Waals surface area contributed by atoms with E-state index in [0.717, 1.165) is 29.9 Å². The van der Waals surface area contributed by atoms with Gasteiger partial charge in [0.15, 0.2) is 6.61 Å². The third-order valence-electron chi connectivity index (χ3n) is 4.78. The fourth-order valence-electron chi connectivity index (χ4n) is 3.11. The first-order valence-corrected chi connectivity index (χ1v) is 10.8. The van der Waals surface area contributed by atoms with Gasteiger partial charge in [0.2, 0.25) is 0 Å². The number of nitrogens with one attached hydrogen (secondary N) is 1. The summed E-state index contributed by atoms with van der Waals surface area (Å²) in [4.78, 5) is 11.9. The summed E-state index contributed by atoms with van der Waals surface area (Å²) in [5.74, 6) is 1.69. The van der Waals surface area contributed by atoms with Crippen LogP contribution in [0.5, 0.6) is 11.5 Å². The van der Waals surface area contributed by atoms with E-state index in [9.17, 15) is 4.79 Å². The lowest BCUT2D eigenvalue weighted by atomic mass is 9.98. The second-order valence-corrected chi connectivity index (χ2v) is 7.73. The first-order valence-electron chi connectivity index (χ1n) is 10.8. The van der Waals surface area contributed by atoms with Crippen molar-refractivity contribution < 1.29 is 14.3 Å². The monoisotopic (exact) mass is 410 g/mol. The van der Waals surface area contributed by atoms with Gasteiger partial charge < -0.3 is 9.47 Å². The molecule has 0 aliphatic carbocycles. The Labute approximate surface area is 180 Å². The second kappa shape index (κ2) is 12.7. The Balaban J connectivity index is 1.72. The number of rotatable bonds is 12. The molecule has 162 valence electrons. The van der Waals surface area contributed by atoms with Crippen LogP contribution in [0.4, 0.5) is 0 Å². The van der Waals surface area contributed by atoms with Crippen LogP contribution in [0.15, 0.2) is 47.6 Å². The van der Waals surface area contributed by atoms with E-state index in [1.807, 2.05) is 42.5 Å². The van der Waals surface area contributed by atoms with Crippen molar-refractivity contribution in [3.8, 4) is 11.5 Å². The summed E-state index contributed by atoms with van der Waals surface area (Å²) in [5.41, 5.74) is 5.82. The minimum atomic E-state index is -0.302. The van der Waals surface area contributed by atoms with Gasteiger partial charge in [-0.05, 0) is 72.4 Å². The van der Waals surface area contributed by atoms with Gasteiger partial charge in [0.25, 0.3) is 5.91 Å². The lowest BCUT2D eigenvalue weighted by Gasteiger charge is -2.12. The van der Waals surface area contributed by atoms with Crippen molar-refractivity contribution in [1.82, 2.24) is 5.43 Å². The molecule has 0 aliphatic heterocycles. The molecule has 0 saturated carbocycles. The van der Waals surface area contributed by atoms with Gasteiger partial charge in [-0.25, -0.2) is 5.43 Å². The Hall–Kier alpha value is -2.82. The van der Waals surface area contributed by atoms with Crippen molar-refractivity contribution in [2.75, 3.05) is 13.2 Å². The number of carbonyl (C=O) groups excluding carboxylic acids is 1. The Morgan fingerprint density at radius 2 is 1.77 bits per heavy atom. The van der Waals surface area contributed by atoms with E-state index in [4.69, 9.17) is 9.47 Å². The van der Waals surface area contributed by atoms with Crippen LogP contribution in [-0.2, 0) is 4.79 Å². The van der Waals surface area contributed by atoms with Crippen molar-refractivity contribution in [3.63, 3.8) is 0 Å².